The zero-order valence-corrected chi connectivity index (χ0v) is 13.9. The molecule has 4 nitrogen and oxygen atoms in total. The van der Waals surface area contributed by atoms with Gasteiger partial charge in [0.05, 0.1) is 0 Å². The Bertz CT molecular complexity index is 872. The van der Waals surface area contributed by atoms with Gasteiger partial charge in [0.2, 0.25) is 0 Å². The van der Waals surface area contributed by atoms with Crippen LogP contribution in [0.3, 0.4) is 0 Å². The molecule has 0 radical (unpaired) electrons. The number of likely N-dealkylation sites (N-methyl/N-ethyl adjacent to an activating group) is 1. The van der Waals surface area contributed by atoms with Crippen LogP contribution >= 0.6 is 0 Å². The van der Waals surface area contributed by atoms with Crippen molar-refractivity contribution in [1.82, 2.24) is 19.9 Å². The van der Waals surface area contributed by atoms with Gasteiger partial charge in [-0.15, -0.1) is 0 Å². The van der Waals surface area contributed by atoms with Crippen LogP contribution in [-0.4, -0.2) is 40.0 Å². The maximum atomic E-state index is 4.36. The molecule has 4 rings (SSSR count). The first kappa shape index (κ1) is 15.0. The third-order valence-corrected chi connectivity index (χ3v) is 4.74. The number of rotatable bonds is 6. The number of H-pyrrole nitrogens is 2. The fourth-order valence-corrected chi connectivity index (χ4v) is 3.29. The van der Waals surface area contributed by atoms with E-state index < -0.39 is 0 Å². The van der Waals surface area contributed by atoms with E-state index in [0.29, 0.717) is 0 Å². The molecule has 0 saturated carbocycles. The van der Waals surface area contributed by atoms with Gasteiger partial charge in [0, 0.05) is 48.0 Å². The highest BCUT2D eigenvalue weighted by molar-refractivity contribution is 5.83. The highest BCUT2D eigenvalue weighted by Crippen LogP contribution is 2.19. The number of hydrogen-bond donors (Lipinski definition) is 2. The Kier molecular flexibility index (Phi) is 4.05. The van der Waals surface area contributed by atoms with Crippen LogP contribution in [0.15, 0.2) is 55.0 Å². The van der Waals surface area contributed by atoms with Gasteiger partial charge in [-0.25, -0.2) is 4.98 Å². The van der Waals surface area contributed by atoms with Gasteiger partial charge < -0.3 is 14.9 Å². The van der Waals surface area contributed by atoms with Crippen LogP contribution in [0.1, 0.15) is 11.1 Å². The van der Waals surface area contributed by atoms with Crippen molar-refractivity contribution in [3.63, 3.8) is 0 Å². The maximum absolute atomic E-state index is 4.36. The molecule has 4 heteroatoms. The minimum Gasteiger partial charge on any atom is -0.361 e. The summed E-state index contributed by atoms with van der Waals surface area (Å²) in [6.45, 7) is 2.10. The van der Waals surface area contributed by atoms with E-state index in [4.69, 9.17) is 0 Å². The quantitative estimate of drug-likeness (QED) is 0.568. The monoisotopic (exact) mass is 318 g/mol. The van der Waals surface area contributed by atoms with Crippen LogP contribution in [0.4, 0.5) is 0 Å². The highest BCUT2D eigenvalue weighted by atomic mass is 15.1. The van der Waals surface area contributed by atoms with Crippen LogP contribution in [0, 0.1) is 0 Å². The summed E-state index contributed by atoms with van der Waals surface area (Å²) in [5.74, 6) is 0. The van der Waals surface area contributed by atoms with Crippen LogP contribution in [0.5, 0.6) is 0 Å². The van der Waals surface area contributed by atoms with Gasteiger partial charge in [0.1, 0.15) is 5.65 Å². The first-order chi connectivity index (χ1) is 11.8. The molecule has 0 amide bonds. The SMILES string of the molecule is CN(CCc1c[nH]c2ccccc12)CCc1c[nH]c2ncccc12. The van der Waals surface area contributed by atoms with Crippen molar-refractivity contribution in [2.45, 2.75) is 12.8 Å². The third-order valence-electron chi connectivity index (χ3n) is 4.74. The minimum absolute atomic E-state index is 0.981. The number of aromatic nitrogens is 3. The van der Waals surface area contributed by atoms with E-state index in [9.17, 15) is 0 Å². The molecular weight excluding hydrogens is 296 g/mol. The van der Waals surface area contributed by atoms with E-state index in [0.717, 1.165) is 31.6 Å². The van der Waals surface area contributed by atoms with E-state index in [1.165, 1.54) is 27.4 Å². The molecule has 1 aromatic carbocycles. The van der Waals surface area contributed by atoms with E-state index >= 15 is 0 Å². The fourth-order valence-electron chi connectivity index (χ4n) is 3.29. The summed E-state index contributed by atoms with van der Waals surface area (Å²) in [7, 11) is 2.20. The van der Waals surface area contributed by atoms with Crippen LogP contribution in [0.2, 0.25) is 0 Å². The van der Waals surface area contributed by atoms with E-state index in [1.54, 1.807) is 0 Å². The number of hydrogen-bond acceptors (Lipinski definition) is 2. The van der Waals surface area contributed by atoms with E-state index in [1.807, 2.05) is 12.3 Å². The Labute approximate surface area is 141 Å². The molecule has 4 aromatic rings. The second kappa shape index (κ2) is 6.49. The van der Waals surface area contributed by atoms with Gasteiger partial charge in [0.15, 0.2) is 0 Å². The van der Waals surface area contributed by atoms with Gasteiger partial charge in [-0.2, -0.15) is 0 Å². The van der Waals surface area contributed by atoms with Gasteiger partial charge in [-0.3, -0.25) is 0 Å². The van der Waals surface area contributed by atoms with Gasteiger partial charge in [-0.05, 0) is 49.2 Å². The lowest BCUT2D eigenvalue weighted by Crippen LogP contribution is -2.23. The van der Waals surface area contributed by atoms with Crippen molar-refractivity contribution in [2.75, 3.05) is 20.1 Å². The van der Waals surface area contributed by atoms with Gasteiger partial charge >= 0.3 is 0 Å². The third kappa shape index (κ3) is 2.93. The Balaban J connectivity index is 1.36. The van der Waals surface area contributed by atoms with Crippen molar-refractivity contribution in [3.05, 3.63) is 66.1 Å². The second-order valence-corrected chi connectivity index (χ2v) is 6.38. The number of fused-ring (bicyclic) bond motifs is 2. The number of pyridine rings is 1. The van der Waals surface area contributed by atoms with Crippen LogP contribution < -0.4 is 0 Å². The molecule has 24 heavy (non-hydrogen) atoms. The number of nitrogens with zero attached hydrogens (tertiary/aromatic N) is 2. The number of para-hydroxylation sites is 1. The minimum atomic E-state index is 0.981. The summed E-state index contributed by atoms with van der Waals surface area (Å²) >= 11 is 0. The molecule has 0 aliphatic carbocycles. The standard InChI is InChI=1S/C20H22N4/c1-24(11-8-15-13-22-19-7-3-2-5-17(15)19)12-9-16-14-23-20-18(16)6-4-10-21-20/h2-7,10,13-14,22H,8-9,11-12H2,1H3,(H,21,23). The molecule has 0 fully saturated rings. The van der Waals surface area contributed by atoms with E-state index in [2.05, 4.69) is 69.6 Å². The van der Waals surface area contributed by atoms with Crippen molar-refractivity contribution >= 4 is 21.9 Å². The van der Waals surface area contributed by atoms with Crippen molar-refractivity contribution < 1.29 is 0 Å². The summed E-state index contributed by atoms with van der Waals surface area (Å²) in [4.78, 5) is 13.4. The largest absolute Gasteiger partial charge is 0.361 e. The molecule has 3 heterocycles. The lowest BCUT2D eigenvalue weighted by molar-refractivity contribution is 0.343. The molecule has 0 bridgehead atoms. The smallest absolute Gasteiger partial charge is 0.137 e. The zero-order valence-electron chi connectivity index (χ0n) is 13.9. The Hall–Kier alpha value is -2.59. The second-order valence-electron chi connectivity index (χ2n) is 6.38. The van der Waals surface area contributed by atoms with Crippen molar-refractivity contribution in [3.8, 4) is 0 Å². The average Bonchev–Trinajstić information content (AvgIpc) is 3.22. The number of benzene rings is 1. The molecule has 2 N–H and O–H groups in total. The summed E-state index contributed by atoms with van der Waals surface area (Å²) in [5, 5.41) is 2.58. The fraction of sp³-hybridized carbons (Fsp3) is 0.250. The molecular formula is C20H22N4. The first-order valence-corrected chi connectivity index (χ1v) is 8.46. The number of aromatic amines is 2. The Morgan fingerprint density at radius 1 is 0.875 bits per heavy atom. The average molecular weight is 318 g/mol. The predicted octanol–water partition coefficient (Wildman–Crippen LogP) is 3.76. The molecule has 3 aromatic heterocycles. The summed E-state index contributed by atoms with van der Waals surface area (Å²) in [5.41, 5.74) is 4.95. The number of nitrogens with one attached hydrogen (secondary N) is 2. The first-order valence-electron chi connectivity index (χ1n) is 8.46. The van der Waals surface area contributed by atoms with Gasteiger partial charge in [0.25, 0.3) is 0 Å². The van der Waals surface area contributed by atoms with Crippen molar-refractivity contribution in [2.24, 2.45) is 0 Å². The molecule has 0 aliphatic heterocycles. The Morgan fingerprint density at radius 2 is 1.58 bits per heavy atom. The maximum Gasteiger partial charge on any atom is 0.137 e. The summed E-state index contributed by atoms with van der Waals surface area (Å²) in [6.07, 6.45) is 8.16. The summed E-state index contributed by atoms with van der Waals surface area (Å²) < 4.78 is 0. The summed E-state index contributed by atoms with van der Waals surface area (Å²) in [6, 6.07) is 12.6. The Morgan fingerprint density at radius 3 is 2.46 bits per heavy atom. The molecule has 0 spiro atoms. The molecule has 122 valence electrons. The normalized spacial score (nSPS) is 11.8. The highest BCUT2D eigenvalue weighted by Gasteiger charge is 2.07. The lowest BCUT2D eigenvalue weighted by Gasteiger charge is -2.16. The lowest BCUT2D eigenvalue weighted by atomic mass is 10.1. The predicted molar refractivity (Wildman–Crippen MR) is 99.3 cm³/mol. The van der Waals surface area contributed by atoms with Gasteiger partial charge in [-0.1, -0.05) is 18.2 Å². The zero-order chi connectivity index (χ0) is 16.4. The van der Waals surface area contributed by atoms with Crippen LogP contribution in [0.25, 0.3) is 21.9 Å². The topological polar surface area (TPSA) is 47.7 Å². The molecule has 0 unspecified atom stereocenters. The van der Waals surface area contributed by atoms with E-state index in [-0.39, 0.29) is 0 Å². The van der Waals surface area contributed by atoms with Crippen LogP contribution in [-0.2, 0) is 12.8 Å². The molecule has 0 aliphatic rings. The molecule has 0 saturated heterocycles. The van der Waals surface area contributed by atoms with Crippen molar-refractivity contribution in [1.29, 1.82) is 0 Å². The molecule has 0 atom stereocenters.